The highest BCUT2D eigenvalue weighted by Crippen LogP contribution is 2.38. The molecule has 2 N–H and O–H groups in total. The van der Waals surface area contributed by atoms with Gasteiger partial charge >= 0.3 is 6.03 Å². The molecule has 6 nitrogen and oxygen atoms in total. The molecule has 6 rings (SSSR count). The van der Waals surface area contributed by atoms with E-state index in [1.54, 1.807) is 0 Å². The summed E-state index contributed by atoms with van der Waals surface area (Å²) in [5, 5.41) is 4.53. The summed E-state index contributed by atoms with van der Waals surface area (Å²) in [6.45, 7) is 3.16. The van der Waals surface area contributed by atoms with Gasteiger partial charge in [-0.25, -0.2) is 4.79 Å². The fourth-order valence-electron chi connectivity index (χ4n) is 5.61. The predicted molar refractivity (Wildman–Crippen MR) is 122 cm³/mol. The second-order valence-electron chi connectivity index (χ2n) is 9.57. The van der Waals surface area contributed by atoms with Gasteiger partial charge in [-0.15, -0.1) is 0 Å². The minimum Gasteiger partial charge on any atom is -0.484 e. The van der Waals surface area contributed by atoms with Crippen molar-refractivity contribution < 1.29 is 14.3 Å². The van der Waals surface area contributed by atoms with Crippen molar-refractivity contribution >= 4 is 22.7 Å². The summed E-state index contributed by atoms with van der Waals surface area (Å²) in [7, 11) is 0. The van der Waals surface area contributed by atoms with Crippen molar-refractivity contribution in [2.75, 3.05) is 13.1 Å². The van der Waals surface area contributed by atoms with Crippen molar-refractivity contribution in [3.63, 3.8) is 0 Å². The number of rotatable bonds is 1. The number of carbonyl (C=O) groups is 2. The van der Waals surface area contributed by atoms with E-state index in [1.807, 2.05) is 29.2 Å². The molecule has 32 heavy (non-hydrogen) atoms. The molecule has 2 amide bonds. The fourth-order valence-corrected chi connectivity index (χ4v) is 5.61. The van der Waals surface area contributed by atoms with Crippen LogP contribution in [0.25, 0.3) is 10.9 Å². The lowest BCUT2D eigenvalue weighted by Gasteiger charge is -2.34. The van der Waals surface area contributed by atoms with Gasteiger partial charge in [0.2, 0.25) is 0 Å². The maximum Gasteiger partial charge on any atom is 0.317 e. The number of urea groups is 1. The van der Waals surface area contributed by atoms with E-state index < -0.39 is 5.60 Å². The lowest BCUT2D eigenvalue weighted by molar-refractivity contribution is 0.0477. The highest BCUT2D eigenvalue weighted by atomic mass is 16.5. The Morgan fingerprint density at radius 3 is 3.03 bits per heavy atom. The number of aromatic nitrogens is 1. The smallest absolute Gasteiger partial charge is 0.317 e. The van der Waals surface area contributed by atoms with Gasteiger partial charge in [0.1, 0.15) is 11.4 Å². The van der Waals surface area contributed by atoms with E-state index in [0.29, 0.717) is 37.2 Å². The molecule has 1 fully saturated rings. The summed E-state index contributed by atoms with van der Waals surface area (Å²) in [4.78, 5) is 31.1. The number of amides is 2. The summed E-state index contributed by atoms with van der Waals surface area (Å²) < 4.78 is 6.27. The van der Waals surface area contributed by atoms with Gasteiger partial charge in [-0.2, -0.15) is 0 Å². The standard InChI is InChI=1S/C26H27N3O3/c1-16-6-8-21-19(12-16)20-13-17(7-9-22(20)28-21)27-25(31)29-11-10-26(15-29)14-23(30)18-4-2-3-5-24(18)32-26/h2-6,8,12,17,28H,7,9-11,13-15H2,1H3,(H,27,31). The number of ketones is 1. The molecule has 164 valence electrons. The third-order valence-electron chi connectivity index (χ3n) is 7.27. The maximum atomic E-state index is 13.1. The number of para-hydroxylation sites is 1. The number of benzene rings is 2. The molecular formula is C26H27N3O3. The molecule has 1 spiro atoms. The van der Waals surface area contributed by atoms with Crippen LogP contribution in [-0.4, -0.2) is 46.4 Å². The summed E-state index contributed by atoms with van der Waals surface area (Å²) in [6, 6.07) is 14.0. The zero-order valence-electron chi connectivity index (χ0n) is 18.2. The molecule has 2 atom stereocenters. The van der Waals surface area contributed by atoms with Gasteiger partial charge in [0.25, 0.3) is 0 Å². The number of carbonyl (C=O) groups excluding carboxylic acids is 2. The van der Waals surface area contributed by atoms with Crippen LogP contribution in [0, 0.1) is 6.92 Å². The van der Waals surface area contributed by atoms with Gasteiger partial charge in [-0.3, -0.25) is 4.79 Å². The minimum atomic E-state index is -0.600. The number of nitrogens with one attached hydrogen (secondary N) is 2. The Morgan fingerprint density at radius 1 is 1.25 bits per heavy atom. The number of aryl methyl sites for hydroxylation is 2. The Balaban J connectivity index is 1.15. The number of fused-ring (bicyclic) bond motifs is 4. The summed E-state index contributed by atoms with van der Waals surface area (Å²) in [5.41, 5.74) is 5.09. The van der Waals surface area contributed by atoms with E-state index in [4.69, 9.17) is 4.74 Å². The van der Waals surface area contributed by atoms with Crippen LogP contribution in [0.3, 0.4) is 0 Å². The van der Waals surface area contributed by atoms with Gasteiger partial charge in [0.05, 0.1) is 18.5 Å². The van der Waals surface area contributed by atoms with Crippen molar-refractivity contribution in [1.82, 2.24) is 15.2 Å². The molecule has 2 aliphatic heterocycles. The van der Waals surface area contributed by atoms with Crippen LogP contribution in [0.15, 0.2) is 42.5 Å². The molecule has 0 saturated carbocycles. The van der Waals surface area contributed by atoms with Crippen molar-refractivity contribution in [3.05, 3.63) is 64.8 Å². The Bertz CT molecular complexity index is 1250. The number of hydrogen-bond acceptors (Lipinski definition) is 3. The van der Waals surface area contributed by atoms with E-state index in [0.717, 1.165) is 19.3 Å². The predicted octanol–water partition coefficient (Wildman–Crippen LogP) is 4.15. The van der Waals surface area contributed by atoms with Crippen molar-refractivity contribution in [1.29, 1.82) is 0 Å². The van der Waals surface area contributed by atoms with E-state index in [1.165, 1.54) is 27.7 Å². The SMILES string of the molecule is Cc1ccc2[nH]c3c(c2c1)CC(NC(=O)N1CCC2(CC(=O)c4ccccc4O2)C1)CC3. The lowest BCUT2D eigenvalue weighted by Crippen LogP contribution is -2.49. The van der Waals surface area contributed by atoms with Crippen LogP contribution in [0.1, 0.15) is 46.4 Å². The third-order valence-corrected chi connectivity index (χ3v) is 7.27. The van der Waals surface area contributed by atoms with E-state index in [-0.39, 0.29) is 17.9 Å². The summed E-state index contributed by atoms with van der Waals surface area (Å²) in [6.07, 6.45) is 3.70. The van der Waals surface area contributed by atoms with Gasteiger partial charge < -0.3 is 19.9 Å². The molecule has 2 unspecified atom stereocenters. The molecule has 1 aliphatic carbocycles. The van der Waals surface area contributed by atoms with E-state index in [2.05, 4.69) is 35.4 Å². The van der Waals surface area contributed by atoms with Crippen LogP contribution in [0.5, 0.6) is 5.75 Å². The molecule has 1 aromatic heterocycles. The molecule has 0 bridgehead atoms. The van der Waals surface area contributed by atoms with Gasteiger partial charge in [-0.1, -0.05) is 23.8 Å². The van der Waals surface area contributed by atoms with Gasteiger partial charge in [-0.05, 0) is 56.0 Å². The van der Waals surface area contributed by atoms with Crippen LogP contribution < -0.4 is 10.1 Å². The molecule has 3 heterocycles. The largest absolute Gasteiger partial charge is 0.484 e. The first-order chi connectivity index (χ1) is 15.5. The van der Waals surface area contributed by atoms with Crippen molar-refractivity contribution in [2.45, 2.75) is 50.7 Å². The number of nitrogens with zero attached hydrogens (tertiary/aromatic N) is 1. The molecule has 2 aromatic carbocycles. The van der Waals surface area contributed by atoms with Crippen LogP contribution in [0.2, 0.25) is 0 Å². The fraction of sp³-hybridized carbons (Fsp3) is 0.385. The first-order valence-corrected chi connectivity index (χ1v) is 11.5. The van der Waals surface area contributed by atoms with Crippen LogP contribution >= 0.6 is 0 Å². The van der Waals surface area contributed by atoms with Gasteiger partial charge in [0.15, 0.2) is 5.78 Å². The number of Topliss-reactive ketones (excluding diaryl/α,β-unsaturated/α-hetero) is 1. The summed E-state index contributed by atoms with van der Waals surface area (Å²) >= 11 is 0. The zero-order valence-corrected chi connectivity index (χ0v) is 18.2. The molecule has 3 aromatic rings. The Labute approximate surface area is 186 Å². The van der Waals surface area contributed by atoms with Crippen molar-refractivity contribution in [3.8, 4) is 5.75 Å². The number of hydrogen-bond donors (Lipinski definition) is 2. The van der Waals surface area contributed by atoms with Gasteiger partial charge in [0, 0.05) is 35.6 Å². The molecule has 0 radical (unpaired) electrons. The minimum absolute atomic E-state index is 0.0544. The van der Waals surface area contributed by atoms with Crippen molar-refractivity contribution in [2.24, 2.45) is 0 Å². The highest BCUT2D eigenvalue weighted by molar-refractivity contribution is 6.00. The van der Waals surface area contributed by atoms with Crippen LogP contribution in [0.4, 0.5) is 4.79 Å². The molecular weight excluding hydrogens is 402 g/mol. The second-order valence-corrected chi connectivity index (χ2v) is 9.57. The average molecular weight is 430 g/mol. The van der Waals surface area contributed by atoms with E-state index >= 15 is 0 Å². The molecule has 1 saturated heterocycles. The quantitative estimate of drug-likeness (QED) is 0.610. The molecule has 3 aliphatic rings. The Kier molecular flexibility index (Phi) is 4.32. The normalized spacial score (nSPS) is 24.3. The monoisotopic (exact) mass is 429 g/mol. The zero-order chi connectivity index (χ0) is 21.9. The topological polar surface area (TPSA) is 74.4 Å². The average Bonchev–Trinajstić information content (AvgIpc) is 3.35. The Hall–Kier alpha value is -3.28. The number of aromatic amines is 1. The highest BCUT2D eigenvalue weighted by Gasteiger charge is 2.47. The number of likely N-dealkylation sites (tertiary alicyclic amines) is 1. The first kappa shape index (κ1) is 19.4. The summed E-state index contributed by atoms with van der Waals surface area (Å²) in [5.74, 6) is 0.740. The van der Waals surface area contributed by atoms with Crippen LogP contribution in [-0.2, 0) is 12.8 Å². The lowest BCUT2D eigenvalue weighted by atomic mass is 9.89. The van der Waals surface area contributed by atoms with E-state index in [9.17, 15) is 9.59 Å². The maximum absolute atomic E-state index is 13.1. The third kappa shape index (κ3) is 3.17. The number of ether oxygens (including phenoxy) is 1. The second kappa shape index (κ2) is 7.12. The molecule has 6 heteroatoms. The number of H-pyrrole nitrogens is 1. The first-order valence-electron chi connectivity index (χ1n) is 11.5. The Morgan fingerprint density at radius 2 is 2.12 bits per heavy atom.